The molecule has 1 aromatic rings. The summed E-state index contributed by atoms with van der Waals surface area (Å²) in [7, 11) is 0. The van der Waals surface area contributed by atoms with Gasteiger partial charge in [-0.2, -0.15) is 0 Å². The van der Waals surface area contributed by atoms with Crippen LogP contribution in [0.3, 0.4) is 0 Å². The monoisotopic (exact) mass is 338 g/mol. The minimum Gasteiger partial charge on any atom is -0.373 e. The Morgan fingerprint density at radius 1 is 1.43 bits per heavy atom. The summed E-state index contributed by atoms with van der Waals surface area (Å²) >= 11 is 1.46. The van der Waals surface area contributed by atoms with Gasteiger partial charge in [0.2, 0.25) is 0 Å². The SMILES string of the molecule is C[C@@H]1CN(C[C@H]2CCCN2C(=O)c2csc(CN)n2)C[C@@H](C)O1. The van der Waals surface area contributed by atoms with E-state index in [0.717, 1.165) is 44.0 Å². The van der Waals surface area contributed by atoms with E-state index >= 15 is 0 Å². The fourth-order valence-corrected chi connectivity index (χ4v) is 4.32. The molecule has 1 aromatic heterocycles. The second-order valence-corrected chi connectivity index (χ2v) is 7.54. The Morgan fingerprint density at radius 3 is 2.83 bits per heavy atom. The van der Waals surface area contributed by atoms with E-state index in [1.807, 2.05) is 10.3 Å². The van der Waals surface area contributed by atoms with Crippen molar-refractivity contribution in [2.75, 3.05) is 26.2 Å². The van der Waals surface area contributed by atoms with Gasteiger partial charge in [0.1, 0.15) is 10.7 Å². The molecule has 0 spiro atoms. The smallest absolute Gasteiger partial charge is 0.273 e. The van der Waals surface area contributed by atoms with Gasteiger partial charge in [-0.1, -0.05) is 0 Å². The first kappa shape index (κ1) is 16.8. The number of carbonyl (C=O) groups is 1. The van der Waals surface area contributed by atoms with Crippen LogP contribution in [0.25, 0.3) is 0 Å². The summed E-state index contributed by atoms with van der Waals surface area (Å²) in [4.78, 5) is 21.5. The summed E-state index contributed by atoms with van der Waals surface area (Å²) in [5.74, 6) is 0.0535. The fourth-order valence-electron chi connectivity index (χ4n) is 3.67. The number of nitrogens with two attached hydrogens (primary N) is 1. The van der Waals surface area contributed by atoms with E-state index in [9.17, 15) is 4.79 Å². The summed E-state index contributed by atoms with van der Waals surface area (Å²) in [5, 5.41) is 2.65. The van der Waals surface area contributed by atoms with Crippen molar-refractivity contribution >= 4 is 17.2 Å². The van der Waals surface area contributed by atoms with Gasteiger partial charge < -0.3 is 15.4 Å². The maximum atomic E-state index is 12.7. The van der Waals surface area contributed by atoms with Gasteiger partial charge in [-0.15, -0.1) is 11.3 Å². The molecule has 2 aliphatic rings. The molecular weight excluding hydrogens is 312 g/mol. The summed E-state index contributed by atoms with van der Waals surface area (Å²) in [6.07, 6.45) is 2.66. The minimum atomic E-state index is 0.0535. The fraction of sp³-hybridized carbons (Fsp3) is 0.750. The molecule has 0 bridgehead atoms. The van der Waals surface area contributed by atoms with Gasteiger partial charge >= 0.3 is 0 Å². The van der Waals surface area contributed by atoms with E-state index < -0.39 is 0 Å². The Hall–Kier alpha value is -1.02. The van der Waals surface area contributed by atoms with Crippen LogP contribution in [-0.4, -0.2) is 65.1 Å². The lowest BCUT2D eigenvalue weighted by Crippen LogP contribution is -2.51. The van der Waals surface area contributed by atoms with Crippen LogP contribution in [0.1, 0.15) is 42.2 Å². The third-order valence-corrected chi connectivity index (χ3v) is 5.42. The van der Waals surface area contributed by atoms with E-state index in [0.29, 0.717) is 12.2 Å². The van der Waals surface area contributed by atoms with E-state index in [1.165, 1.54) is 11.3 Å². The largest absolute Gasteiger partial charge is 0.373 e. The van der Waals surface area contributed by atoms with Crippen LogP contribution >= 0.6 is 11.3 Å². The maximum absolute atomic E-state index is 12.7. The predicted octanol–water partition coefficient (Wildman–Crippen LogP) is 1.32. The lowest BCUT2D eigenvalue weighted by atomic mass is 10.1. The summed E-state index contributed by atoms with van der Waals surface area (Å²) < 4.78 is 5.80. The first-order chi connectivity index (χ1) is 11.1. The summed E-state index contributed by atoms with van der Waals surface area (Å²) in [6, 6.07) is 0.281. The number of thiazole rings is 1. The normalized spacial score (nSPS) is 29.2. The van der Waals surface area contributed by atoms with Gasteiger partial charge in [-0.3, -0.25) is 9.69 Å². The average molecular weight is 338 g/mol. The van der Waals surface area contributed by atoms with E-state index in [1.54, 1.807) is 0 Å². The molecule has 3 atom stereocenters. The zero-order valence-corrected chi connectivity index (χ0v) is 14.7. The first-order valence-corrected chi connectivity index (χ1v) is 9.28. The maximum Gasteiger partial charge on any atom is 0.273 e. The first-order valence-electron chi connectivity index (χ1n) is 8.40. The summed E-state index contributed by atoms with van der Waals surface area (Å²) in [6.45, 7) is 8.26. The molecule has 3 rings (SSSR count). The standard InChI is InChI=1S/C16H26N4O2S/c1-11-7-19(8-12(2)22-11)9-13-4-3-5-20(13)16(21)14-10-23-15(6-17)18-14/h10-13H,3-9,17H2,1-2H3/t11-,12-,13-/m1/s1. The number of aromatic nitrogens is 1. The summed E-state index contributed by atoms with van der Waals surface area (Å²) in [5.41, 5.74) is 6.15. The van der Waals surface area contributed by atoms with Gasteiger partial charge in [0, 0.05) is 44.1 Å². The molecule has 2 aliphatic heterocycles. The number of hydrogen-bond acceptors (Lipinski definition) is 6. The van der Waals surface area contributed by atoms with Crippen molar-refractivity contribution in [2.45, 2.75) is 51.5 Å². The quantitative estimate of drug-likeness (QED) is 0.896. The molecule has 0 aliphatic carbocycles. The molecule has 3 heterocycles. The number of likely N-dealkylation sites (tertiary alicyclic amines) is 1. The van der Waals surface area contributed by atoms with E-state index in [-0.39, 0.29) is 24.2 Å². The lowest BCUT2D eigenvalue weighted by molar-refractivity contribution is -0.0715. The molecule has 7 heteroatoms. The van der Waals surface area contributed by atoms with Crippen LogP contribution in [0.2, 0.25) is 0 Å². The van der Waals surface area contributed by atoms with Crippen molar-refractivity contribution in [1.82, 2.24) is 14.8 Å². The van der Waals surface area contributed by atoms with Gasteiger partial charge in [0.15, 0.2) is 0 Å². The highest BCUT2D eigenvalue weighted by Crippen LogP contribution is 2.23. The highest BCUT2D eigenvalue weighted by molar-refractivity contribution is 7.09. The number of nitrogens with zero attached hydrogens (tertiary/aromatic N) is 3. The Labute approximate surface area is 141 Å². The molecule has 128 valence electrons. The molecule has 0 saturated carbocycles. The van der Waals surface area contributed by atoms with Crippen molar-refractivity contribution in [3.63, 3.8) is 0 Å². The molecule has 0 aromatic carbocycles. The molecule has 6 nitrogen and oxygen atoms in total. The molecule has 2 saturated heterocycles. The minimum absolute atomic E-state index is 0.0535. The number of rotatable bonds is 4. The number of amides is 1. The van der Waals surface area contributed by atoms with Crippen molar-refractivity contribution in [3.05, 3.63) is 16.1 Å². The molecular formula is C16H26N4O2S. The van der Waals surface area contributed by atoms with Crippen molar-refractivity contribution in [1.29, 1.82) is 0 Å². The van der Waals surface area contributed by atoms with Crippen molar-refractivity contribution < 1.29 is 9.53 Å². The second-order valence-electron chi connectivity index (χ2n) is 6.60. The zero-order chi connectivity index (χ0) is 16.4. The number of ether oxygens (including phenoxy) is 1. The lowest BCUT2D eigenvalue weighted by Gasteiger charge is -2.38. The van der Waals surface area contributed by atoms with E-state index in [4.69, 9.17) is 10.5 Å². The second kappa shape index (κ2) is 7.25. The number of hydrogen-bond donors (Lipinski definition) is 1. The molecule has 0 unspecified atom stereocenters. The highest BCUT2D eigenvalue weighted by atomic mass is 32.1. The Balaban J connectivity index is 1.64. The molecule has 2 N–H and O–H groups in total. The number of carbonyl (C=O) groups excluding carboxylic acids is 1. The third kappa shape index (κ3) is 3.91. The average Bonchev–Trinajstić information content (AvgIpc) is 3.14. The van der Waals surface area contributed by atoms with Crippen molar-refractivity contribution in [3.8, 4) is 0 Å². The Bertz CT molecular complexity index is 540. The molecule has 1 amide bonds. The van der Waals surface area contributed by atoms with Crippen LogP contribution in [0, 0.1) is 0 Å². The molecule has 0 radical (unpaired) electrons. The highest BCUT2D eigenvalue weighted by Gasteiger charge is 2.33. The van der Waals surface area contributed by atoms with E-state index in [2.05, 4.69) is 23.7 Å². The molecule has 2 fully saturated rings. The van der Waals surface area contributed by atoms with Crippen LogP contribution < -0.4 is 5.73 Å². The Kier molecular flexibility index (Phi) is 5.31. The van der Waals surface area contributed by atoms with Crippen molar-refractivity contribution in [2.24, 2.45) is 5.73 Å². The van der Waals surface area contributed by atoms with Gasteiger partial charge in [0.05, 0.1) is 12.2 Å². The topological polar surface area (TPSA) is 71.7 Å². The van der Waals surface area contributed by atoms with Gasteiger partial charge in [-0.05, 0) is 26.7 Å². The predicted molar refractivity (Wildman–Crippen MR) is 90.5 cm³/mol. The zero-order valence-electron chi connectivity index (χ0n) is 13.9. The van der Waals surface area contributed by atoms with Crippen LogP contribution in [0.15, 0.2) is 5.38 Å². The van der Waals surface area contributed by atoms with Gasteiger partial charge in [0.25, 0.3) is 5.91 Å². The van der Waals surface area contributed by atoms with Crippen LogP contribution in [0.4, 0.5) is 0 Å². The van der Waals surface area contributed by atoms with Gasteiger partial charge in [-0.25, -0.2) is 4.98 Å². The third-order valence-electron chi connectivity index (χ3n) is 4.55. The van der Waals surface area contributed by atoms with Crippen LogP contribution in [-0.2, 0) is 11.3 Å². The van der Waals surface area contributed by atoms with Crippen LogP contribution in [0.5, 0.6) is 0 Å². The number of morpholine rings is 1. The Morgan fingerprint density at radius 2 is 2.17 bits per heavy atom. The molecule has 23 heavy (non-hydrogen) atoms.